The number of alkyl halides is 3. The highest BCUT2D eigenvalue weighted by Crippen LogP contribution is 2.49. The van der Waals surface area contributed by atoms with Crippen LogP contribution in [0.5, 0.6) is 5.75 Å². The Balaban J connectivity index is 1.43. The van der Waals surface area contributed by atoms with E-state index in [2.05, 4.69) is 38.1 Å². The van der Waals surface area contributed by atoms with E-state index in [-0.39, 0.29) is 5.91 Å². The van der Waals surface area contributed by atoms with Crippen molar-refractivity contribution in [3.63, 3.8) is 0 Å². The lowest BCUT2D eigenvalue weighted by Crippen LogP contribution is -2.37. The third-order valence-corrected chi connectivity index (χ3v) is 7.01. The molecule has 0 bridgehead atoms. The Kier molecular flexibility index (Phi) is 7.96. The molecule has 0 unspecified atom stereocenters. The van der Waals surface area contributed by atoms with E-state index in [1.54, 1.807) is 4.90 Å². The van der Waals surface area contributed by atoms with Crippen LogP contribution in [0.25, 0.3) is 0 Å². The van der Waals surface area contributed by atoms with Crippen molar-refractivity contribution < 1.29 is 22.7 Å². The molecule has 3 nitrogen and oxygen atoms in total. The average Bonchev–Trinajstić information content (AvgIpc) is 3.68. The van der Waals surface area contributed by atoms with Gasteiger partial charge in [-0.1, -0.05) is 68.4 Å². The van der Waals surface area contributed by atoms with Gasteiger partial charge in [0, 0.05) is 20.0 Å². The van der Waals surface area contributed by atoms with Crippen molar-refractivity contribution in [1.29, 1.82) is 0 Å². The summed E-state index contributed by atoms with van der Waals surface area (Å²) in [5.41, 5.74) is 2.08. The van der Waals surface area contributed by atoms with Crippen molar-refractivity contribution in [1.82, 2.24) is 4.90 Å². The fourth-order valence-corrected chi connectivity index (χ4v) is 4.81. The quantitative estimate of drug-likeness (QED) is 0.282. The Hall–Kier alpha value is -3.28. The van der Waals surface area contributed by atoms with E-state index in [1.165, 1.54) is 17.7 Å². The Morgan fingerprint density at radius 1 is 0.946 bits per heavy atom. The Bertz CT molecular complexity index is 1170. The van der Waals surface area contributed by atoms with Crippen molar-refractivity contribution in [3.05, 3.63) is 101 Å². The van der Waals surface area contributed by atoms with E-state index in [0.29, 0.717) is 24.6 Å². The monoisotopic (exact) mass is 509 g/mol. The molecule has 0 aliphatic heterocycles. The molecule has 1 fully saturated rings. The molecule has 1 amide bonds. The molecule has 6 heteroatoms. The highest BCUT2D eigenvalue weighted by Gasteiger charge is 2.52. The predicted molar refractivity (Wildman–Crippen MR) is 139 cm³/mol. The molecule has 0 heterocycles. The van der Waals surface area contributed by atoms with E-state index in [4.69, 9.17) is 4.74 Å². The minimum atomic E-state index is -4.39. The number of amides is 1. The lowest BCUT2D eigenvalue weighted by atomic mass is 9.92. The van der Waals surface area contributed by atoms with Gasteiger partial charge in [-0.25, -0.2) is 0 Å². The van der Waals surface area contributed by atoms with Crippen molar-refractivity contribution in [3.8, 4) is 5.75 Å². The third kappa shape index (κ3) is 6.54. The second-order valence-corrected chi connectivity index (χ2v) is 10.4. The predicted octanol–water partition coefficient (Wildman–Crippen LogP) is 7.60. The van der Waals surface area contributed by atoms with Crippen LogP contribution in [0.15, 0.2) is 78.9 Å². The van der Waals surface area contributed by atoms with Crippen LogP contribution in [0.4, 0.5) is 13.2 Å². The fourth-order valence-electron chi connectivity index (χ4n) is 4.81. The summed E-state index contributed by atoms with van der Waals surface area (Å²) in [4.78, 5) is 15.3. The largest absolute Gasteiger partial charge is 0.486 e. The molecule has 0 spiro atoms. The molecule has 3 aromatic rings. The standard InChI is InChI=1S/C31H34F3NO2/c1-22(2)21-23-9-11-25(12-10-23)30(18-19-30)29(36)35(3)20-17-28(24-7-5-4-6-8-24)37-27-15-13-26(14-16-27)31(32,33)34/h4-16,22,28H,17-21H2,1-3H3/t28-/m0/s1. The van der Waals surface area contributed by atoms with Crippen molar-refractivity contribution >= 4 is 5.91 Å². The van der Waals surface area contributed by atoms with Crippen molar-refractivity contribution in [2.24, 2.45) is 5.92 Å². The minimum Gasteiger partial charge on any atom is -0.486 e. The van der Waals surface area contributed by atoms with Gasteiger partial charge in [-0.05, 0) is 66.1 Å². The second-order valence-electron chi connectivity index (χ2n) is 10.4. The summed E-state index contributed by atoms with van der Waals surface area (Å²) >= 11 is 0. The Morgan fingerprint density at radius 2 is 1.57 bits per heavy atom. The van der Waals surface area contributed by atoms with E-state index in [9.17, 15) is 18.0 Å². The highest BCUT2D eigenvalue weighted by atomic mass is 19.4. The molecule has 1 aliphatic rings. The molecule has 0 saturated heterocycles. The van der Waals surface area contributed by atoms with Gasteiger partial charge < -0.3 is 9.64 Å². The topological polar surface area (TPSA) is 29.5 Å². The normalized spacial score (nSPS) is 15.3. The van der Waals surface area contributed by atoms with Gasteiger partial charge in [0.1, 0.15) is 11.9 Å². The van der Waals surface area contributed by atoms with Gasteiger partial charge in [0.2, 0.25) is 5.91 Å². The average molecular weight is 510 g/mol. The summed E-state index contributed by atoms with van der Waals surface area (Å²) in [7, 11) is 1.82. The molecule has 3 aromatic carbocycles. The number of likely N-dealkylation sites (N-methyl/N-ethyl adjacent to an activating group) is 1. The van der Waals surface area contributed by atoms with Crippen LogP contribution in [0, 0.1) is 5.92 Å². The summed E-state index contributed by atoms with van der Waals surface area (Å²) in [5.74, 6) is 1.04. The molecule has 196 valence electrons. The fraction of sp³-hybridized carbons (Fsp3) is 0.387. The zero-order valence-corrected chi connectivity index (χ0v) is 21.6. The zero-order valence-electron chi connectivity index (χ0n) is 21.6. The maximum absolute atomic E-state index is 13.5. The number of halogens is 3. The maximum Gasteiger partial charge on any atom is 0.416 e. The van der Waals surface area contributed by atoms with Gasteiger partial charge in [-0.3, -0.25) is 4.79 Å². The number of hydrogen-bond donors (Lipinski definition) is 0. The number of carbonyl (C=O) groups is 1. The SMILES string of the molecule is CC(C)Cc1ccc(C2(C(=O)N(C)CC[C@H](Oc3ccc(C(F)(F)F)cc3)c3ccccc3)CC2)cc1. The molecule has 0 aromatic heterocycles. The second kappa shape index (κ2) is 11.0. The number of carbonyl (C=O) groups excluding carboxylic acids is 1. The first-order valence-corrected chi connectivity index (χ1v) is 12.8. The van der Waals surface area contributed by atoms with Gasteiger partial charge in [0.15, 0.2) is 0 Å². The zero-order chi connectivity index (χ0) is 26.6. The first kappa shape index (κ1) is 26.8. The van der Waals surface area contributed by atoms with E-state index in [1.807, 2.05) is 37.4 Å². The van der Waals surface area contributed by atoms with Crippen molar-refractivity contribution in [2.45, 2.75) is 57.2 Å². The maximum atomic E-state index is 13.5. The molecule has 4 rings (SSSR count). The van der Waals surface area contributed by atoms with Crippen LogP contribution in [-0.2, 0) is 22.8 Å². The van der Waals surface area contributed by atoms with Crippen LogP contribution in [0.2, 0.25) is 0 Å². The summed E-state index contributed by atoms with van der Waals surface area (Å²) in [6.45, 7) is 4.85. The molecule has 1 saturated carbocycles. The molecular formula is C31H34F3NO2. The summed E-state index contributed by atoms with van der Waals surface area (Å²) in [5, 5.41) is 0. The van der Waals surface area contributed by atoms with E-state index >= 15 is 0 Å². The third-order valence-electron chi connectivity index (χ3n) is 7.01. The minimum absolute atomic E-state index is 0.102. The van der Waals surface area contributed by atoms with Gasteiger partial charge in [0.25, 0.3) is 0 Å². The molecular weight excluding hydrogens is 475 g/mol. The van der Waals surface area contributed by atoms with E-state index in [0.717, 1.165) is 42.5 Å². The number of rotatable bonds is 10. The van der Waals surface area contributed by atoms with Crippen LogP contribution < -0.4 is 4.74 Å². The lowest BCUT2D eigenvalue weighted by Gasteiger charge is -2.27. The van der Waals surface area contributed by atoms with Crippen LogP contribution in [-0.4, -0.2) is 24.4 Å². The van der Waals surface area contributed by atoms with Gasteiger partial charge in [-0.2, -0.15) is 13.2 Å². The van der Waals surface area contributed by atoms with Crippen molar-refractivity contribution in [2.75, 3.05) is 13.6 Å². The van der Waals surface area contributed by atoms with E-state index < -0.39 is 23.3 Å². The summed E-state index contributed by atoms with van der Waals surface area (Å²) in [6, 6.07) is 22.7. The Labute approximate surface area is 217 Å². The molecule has 37 heavy (non-hydrogen) atoms. The number of hydrogen-bond acceptors (Lipinski definition) is 2. The summed E-state index contributed by atoms with van der Waals surface area (Å²) in [6.07, 6.45) is -1.60. The smallest absolute Gasteiger partial charge is 0.416 e. The van der Waals surface area contributed by atoms with Crippen LogP contribution in [0.3, 0.4) is 0 Å². The number of nitrogens with zero attached hydrogens (tertiary/aromatic N) is 1. The van der Waals surface area contributed by atoms with Gasteiger partial charge in [-0.15, -0.1) is 0 Å². The first-order chi connectivity index (χ1) is 17.6. The summed E-state index contributed by atoms with van der Waals surface area (Å²) < 4.78 is 45.0. The van der Waals surface area contributed by atoms with Crippen LogP contribution >= 0.6 is 0 Å². The van der Waals surface area contributed by atoms with Gasteiger partial charge in [0.05, 0.1) is 11.0 Å². The molecule has 0 radical (unpaired) electrons. The molecule has 1 atom stereocenters. The lowest BCUT2D eigenvalue weighted by molar-refractivity contribution is -0.137. The van der Waals surface area contributed by atoms with Gasteiger partial charge >= 0.3 is 6.18 Å². The Morgan fingerprint density at radius 3 is 2.11 bits per heavy atom. The molecule has 0 N–H and O–H groups in total. The highest BCUT2D eigenvalue weighted by molar-refractivity contribution is 5.91. The molecule has 1 aliphatic carbocycles. The number of benzene rings is 3. The first-order valence-electron chi connectivity index (χ1n) is 12.8. The van der Waals surface area contributed by atoms with Crippen LogP contribution in [0.1, 0.15) is 61.5 Å². The number of ether oxygens (including phenoxy) is 1.